The number of carbonyl (C=O) groups excluding carboxylic acids is 1. The molecule has 4 aliphatic carbocycles. The zero-order valence-corrected chi connectivity index (χ0v) is 24.4. The van der Waals surface area contributed by atoms with Gasteiger partial charge in [0, 0.05) is 29.2 Å². The highest BCUT2D eigenvalue weighted by atomic mass is 16.5. The first-order valence-electron chi connectivity index (χ1n) is 14.5. The van der Waals surface area contributed by atoms with Gasteiger partial charge in [-0.25, -0.2) is 4.79 Å². The van der Waals surface area contributed by atoms with E-state index in [0.29, 0.717) is 17.4 Å². The van der Waals surface area contributed by atoms with E-state index in [9.17, 15) is 19.8 Å². The Morgan fingerprint density at radius 2 is 1.76 bits per heavy atom. The second-order valence-corrected chi connectivity index (χ2v) is 14.3. The average Bonchev–Trinajstić information content (AvgIpc) is 3.08. The number of ether oxygens (including phenoxy) is 1. The Kier molecular flexibility index (Phi) is 7.09. The van der Waals surface area contributed by atoms with Crippen LogP contribution in [-0.2, 0) is 14.3 Å². The molecule has 0 aliphatic heterocycles. The summed E-state index contributed by atoms with van der Waals surface area (Å²) in [5.41, 5.74) is 0.924. The first kappa shape index (κ1) is 28.4. The van der Waals surface area contributed by atoms with Crippen LogP contribution in [0, 0.1) is 39.4 Å². The monoisotopic (exact) mass is 514 g/mol. The number of hydrogen-bond donors (Lipinski definition) is 2. The van der Waals surface area contributed by atoms with Gasteiger partial charge in [0.05, 0.1) is 5.60 Å². The highest BCUT2D eigenvalue weighted by Gasteiger charge is 2.69. The summed E-state index contributed by atoms with van der Waals surface area (Å²) >= 11 is 0. The summed E-state index contributed by atoms with van der Waals surface area (Å²) in [4.78, 5) is 23.0. The first-order valence-corrected chi connectivity index (χ1v) is 14.5. The maximum Gasteiger partial charge on any atom is 0.330 e. The van der Waals surface area contributed by atoms with E-state index in [1.165, 1.54) is 12.5 Å². The molecule has 4 rings (SSSR count). The van der Waals surface area contributed by atoms with Gasteiger partial charge in [-0.3, -0.25) is 4.79 Å². The molecule has 0 saturated heterocycles. The van der Waals surface area contributed by atoms with Crippen molar-refractivity contribution < 1.29 is 24.5 Å². The highest BCUT2D eigenvalue weighted by Crippen LogP contribution is 2.73. The van der Waals surface area contributed by atoms with Crippen LogP contribution in [0.3, 0.4) is 0 Å². The third-order valence-corrected chi connectivity index (χ3v) is 12.5. The second kappa shape index (κ2) is 9.24. The maximum absolute atomic E-state index is 12.7. The van der Waals surface area contributed by atoms with Gasteiger partial charge in [-0.1, -0.05) is 59.3 Å². The predicted octanol–water partition coefficient (Wildman–Crippen LogP) is 7.09. The van der Waals surface area contributed by atoms with Crippen LogP contribution in [0.4, 0.5) is 0 Å². The molecule has 208 valence electrons. The Morgan fingerprint density at radius 3 is 2.38 bits per heavy atom. The minimum absolute atomic E-state index is 0.0442. The lowest BCUT2D eigenvalue weighted by molar-refractivity contribution is -0.246. The first-order chi connectivity index (χ1) is 17.0. The number of rotatable bonds is 6. The lowest BCUT2D eigenvalue weighted by Gasteiger charge is -2.68. The molecule has 0 heterocycles. The molecule has 8 atom stereocenters. The summed E-state index contributed by atoms with van der Waals surface area (Å²) in [6.07, 6.45) is 12.5. The number of allylic oxidation sites excluding steroid dienone is 2. The van der Waals surface area contributed by atoms with Crippen LogP contribution in [-0.4, -0.2) is 33.9 Å². The number of aliphatic hydroxyl groups is 1. The molecule has 5 heteroatoms. The molecule has 0 spiro atoms. The molecule has 37 heavy (non-hydrogen) atoms. The number of carbonyl (C=O) groups is 2. The van der Waals surface area contributed by atoms with Gasteiger partial charge >= 0.3 is 11.9 Å². The van der Waals surface area contributed by atoms with Crippen LogP contribution in [0.25, 0.3) is 0 Å². The van der Waals surface area contributed by atoms with Crippen LogP contribution in [0.1, 0.15) is 113 Å². The quantitative estimate of drug-likeness (QED) is 0.225. The van der Waals surface area contributed by atoms with E-state index in [0.717, 1.165) is 57.8 Å². The molecule has 3 fully saturated rings. The third kappa shape index (κ3) is 4.05. The second-order valence-electron chi connectivity index (χ2n) is 14.3. The maximum atomic E-state index is 12.7. The highest BCUT2D eigenvalue weighted by molar-refractivity contribution is 5.85. The standard InChI is InChI=1S/C32H50O5/c1-20(27(34)35)10-9-11-21(2)29(6)16-14-23-24-12-13-25-28(4,5)26(37-22(3)33)15-17-31(25,8)32(24,36)19-18-30(23,29)7/h10,14,21,24-26,36H,9,11-13,15-19H2,1-8H3,(H,34,35). The zero-order chi connectivity index (χ0) is 27.6. The third-order valence-electron chi connectivity index (χ3n) is 12.5. The molecule has 0 bridgehead atoms. The predicted molar refractivity (Wildman–Crippen MR) is 146 cm³/mol. The summed E-state index contributed by atoms with van der Waals surface area (Å²) in [5, 5.41) is 21.9. The van der Waals surface area contributed by atoms with Crippen molar-refractivity contribution in [2.75, 3.05) is 0 Å². The minimum Gasteiger partial charge on any atom is -0.478 e. The van der Waals surface area contributed by atoms with Gasteiger partial charge in [0.25, 0.3) is 0 Å². The van der Waals surface area contributed by atoms with Gasteiger partial charge in [-0.15, -0.1) is 0 Å². The van der Waals surface area contributed by atoms with E-state index < -0.39 is 11.6 Å². The molecular weight excluding hydrogens is 464 g/mol. The van der Waals surface area contributed by atoms with Crippen molar-refractivity contribution in [1.29, 1.82) is 0 Å². The smallest absolute Gasteiger partial charge is 0.330 e. The molecule has 4 aliphatic rings. The van der Waals surface area contributed by atoms with Crippen molar-refractivity contribution in [3.63, 3.8) is 0 Å². The van der Waals surface area contributed by atoms with Gasteiger partial charge in [-0.2, -0.15) is 0 Å². The van der Waals surface area contributed by atoms with E-state index in [1.54, 1.807) is 6.92 Å². The molecule has 2 N–H and O–H groups in total. The molecule has 0 aromatic rings. The van der Waals surface area contributed by atoms with Crippen molar-refractivity contribution in [3.8, 4) is 0 Å². The normalized spacial score (nSPS) is 43.6. The van der Waals surface area contributed by atoms with E-state index >= 15 is 0 Å². The van der Waals surface area contributed by atoms with Gasteiger partial charge in [-0.05, 0) is 87.4 Å². The Balaban J connectivity index is 1.58. The fraction of sp³-hybridized carbons (Fsp3) is 0.812. The van der Waals surface area contributed by atoms with Crippen LogP contribution in [0.15, 0.2) is 23.3 Å². The topological polar surface area (TPSA) is 83.8 Å². The van der Waals surface area contributed by atoms with Gasteiger partial charge < -0.3 is 14.9 Å². The molecule has 0 aromatic carbocycles. The summed E-state index contributed by atoms with van der Waals surface area (Å²) in [6, 6.07) is 0. The molecule has 0 aromatic heterocycles. The Bertz CT molecular complexity index is 1010. The summed E-state index contributed by atoms with van der Waals surface area (Å²) in [6.45, 7) is 17.2. The molecule has 3 saturated carbocycles. The fourth-order valence-corrected chi connectivity index (χ4v) is 9.69. The molecule has 0 amide bonds. The number of fused-ring (bicyclic) bond motifs is 5. The van der Waals surface area contributed by atoms with Crippen LogP contribution in [0.2, 0.25) is 0 Å². The summed E-state index contributed by atoms with van der Waals surface area (Å²) < 4.78 is 5.80. The Labute approximate surface area is 224 Å². The fourth-order valence-electron chi connectivity index (χ4n) is 9.69. The Hall–Kier alpha value is -1.62. The van der Waals surface area contributed by atoms with Crippen molar-refractivity contribution in [2.24, 2.45) is 39.4 Å². The molecule has 0 radical (unpaired) electrons. The van der Waals surface area contributed by atoms with Crippen LogP contribution >= 0.6 is 0 Å². The number of hydrogen-bond acceptors (Lipinski definition) is 4. The van der Waals surface area contributed by atoms with Gasteiger partial charge in [0.1, 0.15) is 6.10 Å². The van der Waals surface area contributed by atoms with Crippen molar-refractivity contribution >= 4 is 11.9 Å². The average molecular weight is 515 g/mol. The van der Waals surface area contributed by atoms with Crippen molar-refractivity contribution in [1.82, 2.24) is 0 Å². The molecule has 5 nitrogen and oxygen atoms in total. The largest absolute Gasteiger partial charge is 0.478 e. The van der Waals surface area contributed by atoms with E-state index in [-0.39, 0.29) is 39.7 Å². The number of esters is 1. The van der Waals surface area contributed by atoms with Crippen LogP contribution in [0.5, 0.6) is 0 Å². The Morgan fingerprint density at radius 1 is 1.08 bits per heavy atom. The van der Waals surface area contributed by atoms with E-state index in [1.807, 2.05) is 6.08 Å². The van der Waals surface area contributed by atoms with E-state index in [4.69, 9.17) is 4.74 Å². The number of aliphatic carboxylic acids is 1. The van der Waals surface area contributed by atoms with Crippen molar-refractivity contribution in [2.45, 2.75) is 125 Å². The van der Waals surface area contributed by atoms with E-state index in [2.05, 4.69) is 47.6 Å². The van der Waals surface area contributed by atoms with Gasteiger partial charge in [0.2, 0.25) is 0 Å². The SMILES string of the molecule is CC(=O)OC1CCC2(C)C(CCC3C4=CCC(C)(C(C)CCC=C(C)C(=O)O)C4(C)CCC32O)C1(C)C. The zero-order valence-electron chi connectivity index (χ0n) is 24.4. The lowest BCUT2D eigenvalue weighted by Crippen LogP contribution is -2.68. The number of carboxylic acids is 1. The molecule has 8 unspecified atom stereocenters. The van der Waals surface area contributed by atoms with Crippen LogP contribution < -0.4 is 0 Å². The number of carboxylic acid groups (broad SMARTS) is 1. The minimum atomic E-state index is -0.837. The summed E-state index contributed by atoms with van der Waals surface area (Å²) in [7, 11) is 0. The lowest BCUT2D eigenvalue weighted by atomic mass is 9.39. The summed E-state index contributed by atoms with van der Waals surface area (Å²) in [5.74, 6) is -0.116. The van der Waals surface area contributed by atoms with Gasteiger partial charge in [0.15, 0.2) is 0 Å². The molecular formula is C32H50O5. The van der Waals surface area contributed by atoms with Crippen molar-refractivity contribution in [3.05, 3.63) is 23.3 Å².